The maximum absolute atomic E-state index is 13.7. The summed E-state index contributed by atoms with van der Waals surface area (Å²) in [6.45, 7) is 6.60. The minimum absolute atomic E-state index is 0.0163. The molecule has 0 aliphatic carbocycles. The van der Waals surface area contributed by atoms with Crippen LogP contribution >= 0.6 is 0 Å². The van der Waals surface area contributed by atoms with Crippen molar-refractivity contribution < 1.29 is 33.4 Å². The summed E-state index contributed by atoms with van der Waals surface area (Å²) in [6.07, 6.45) is 5.89. The lowest BCUT2D eigenvalue weighted by molar-refractivity contribution is -0.152. The van der Waals surface area contributed by atoms with Crippen LogP contribution in [-0.4, -0.2) is 72.3 Å². The van der Waals surface area contributed by atoms with Crippen molar-refractivity contribution in [1.82, 2.24) is 15.1 Å². The van der Waals surface area contributed by atoms with Gasteiger partial charge in [0.25, 0.3) is 0 Å². The van der Waals surface area contributed by atoms with Gasteiger partial charge in [0.2, 0.25) is 5.91 Å². The molecule has 1 fully saturated rings. The number of cyclic esters (lactones) is 1. The number of hydrogen-bond donors (Lipinski definition) is 1. The molecular formula is C29H39N3O7. The number of hydrogen-bond acceptors (Lipinski definition) is 7. The minimum atomic E-state index is -0.961. The van der Waals surface area contributed by atoms with Crippen molar-refractivity contribution >= 4 is 30.1 Å². The van der Waals surface area contributed by atoms with E-state index < -0.39 is 47.7 Å². The molecule has 10 nitrogen and oxygen atoms in total. The van der Waals surface area contributed by atoms with E-state index >= 15 is 0 Å². The van der Waals surface area contributed by atoms with E-state index in [0.717, 1.165) is 36.0 Å². The lowest BCUT2D eigenvalue weighted by Gasteiger charge is -2.34. The Morgan fingerprint density at radius 3 is 2.64 bits per heavy atom. The normalized spacial score (nSPS) is 25.7. The fourth-order valence-electron chi connectivity index (χ4n) is 5.33. The zero-order chi connectivity index (χ0) is 28.2. The Hall–Kier alpha value is -3.56. The molecule has 3 heterocycles. The molecule has 39 heavy (non-hydrogen) atoms. The Kier molecular flexibility index (Phi) is 8.82. The Labute approximate surface area is 229 Å². The number of benzene rings is 1. The highest BCUT2D eigenvalue weighted by atomic mass is 16.6. The van der Waals surface area contributed by atoms with Crippen LogP contribution in [0, 0.1) is 5.41 Å². The first-order valence-corrected chi connectivity index (χ1v) is 13.6. The van der Waals surface area contributed by atoms with E-state index in [1.165, 1.54) is 12.0 Å². The van der Waals surface area contributed by atoms with Gasteiger partial charge in [0.1, 0.15) is 18.2 Å². The Morgan fingerprint density at radius 1 is 1.10 bits per heavy atom. The molecule has 4 rings (SSSR count). The predicted octanol–water partition coefficient (Wildman–Crippen LogP) is 4.01. The van der Waals surface area contributed by atoms with Crippen LogP contribution < -0.4 is 5.32 Å². The molecule has 4 bridgehead atoms. The molecule has 0 spiro atoms. The zero-order valence-electron chi connectivity index (χ0n) is 23.2. The van der Waals surface area contributed by atoms with Gasteiger partial charge in [-0.05, 0) is 47.8 Å². The maximum atomic E-state index is 13.7. The molecule has 0 saturated carbocycles. The molecule has 3 atom stereocenters. The molecule has 1 saturated heterocycles. The lowest BCUT2D eigenvalue weighted by atomic mass is 9.85. The lowest BCUT2D eigenvalue weighted by Crippen LogP contribution is -2.57. The number of allylic oxidation sites excluding steroid dienone is 1. The van der Waals surface area contributed by atoms with Crippen LogP contribution in [0.2, 0.25) is 0 Å². The minimum Gasteiger partial charge on any atom is -0.467 e. The first-order valence-electron chi connectivity index (χ1n) is 13.6. The molecule has 1 aromatic rings. The van der Waals surface area contributed by atoms with Crippen LogP contribution in [0.5, 0.6) is 0 Å². The second-order valence-corrected chi connectivity index (χ2v) is 11.4. The molecule has 3 aliphatic heterocycles. The number of nitrogens with zero attached hydrogens (tertiary/aromatic N) is 2. The molecule has 3 amide bonds. The molecular weight excluding hydrogens is 502 g/mol. The number of amides is 3. The largest absolute Gasteiger partial charge is 0.467 e. The highest BCUT2D eigenvalue weighted by molar-refractivity contribution is 5.91. The molecule has 1 N–H and O–H groups in total. The number of ether oxygens (including phenoxy) is 3. The van der Waals surface area contributed by atoms with E-state index in [0.29, 0.717) is 19.5 Å². The fourth-order valence-corrected chi connectivity index (χ4v) is 5.33. The number of rotatable bonds is 1. The van der Waals surface area contributed by atoms with Gasteiger partial charge in [-0.25, -0.2) is 14.4 Å². The molecule has 0 radical (unpaired) electrons. The van der Waals surface area contributed by atoms with Crippen molar-refractivity contribution in [1.29, 1.82) is 0 Å². The number of methoxy groups -OCH3 is 1. The van der Waals surface area contributed by atoms with Gasteiger partial charge in [-0.2, -0.15) is 0 Å². The first kappa shape index (κ1) is 28.4. The van der Waals surface area contributed by atoms with Gasteiger partial charge in [-0.3, -0.25) is 9.69 Å². The van der Waals surface area contributed by atoms with Gasteiger partial charge >= 0.3 is 18.2 Å². The average molecular weight is 542 g/mol. The first-order chi connectivity index (χ1) is 18.6. The zero-order valence-corrected chi connectivity index (χ0v) is 23.2. The summed E-state index contributed by atoms with van der Waals surface area (Å²) in [6, 6.07) is 4.15. The van der Waals surface area contributed by atoms with Crippen molar-refractivity contribution in [2.75, 3.05) is 20.3 Å². The number of nitrogens with one attached hydrogen (secondary N) is 1. The molecule has 212 valence electrons. The fraction of sp³-hybridized carbons (Fsp3) is 0.586. The van der Waals surface area contributed by atoms with Crippen molar-refractivity contribution in [3.63, 3.8) is 0 Å². The van der Waals surface area contributed by atoms with Crippen LogP contribution in [0.1, 0.15) is 69.6 Å². The van der Waals surface area contributed by atoms with Crippen molar-refractivity contribution in [3.8, 4) is 0 Å². The summed E-state index contributed by atoms with van der Waals surface area (Å²) in [5, 5.41) is 2.70. The van der Waals surface area contributed by atoms with Gasteiger partial charge in [0, 0.05) is 13.0 Å². The molecule has 10 heteroatoms. The van der Waals surface area contributed by atoms with Crippen LogP contribution in [0.3, 0.4) is 0 Å². The van der Waals surface area contributed by atoms with E-state index in [4.69, 9.17) is 14.2 Å². The Bertz CT molecular complexity index is 1130. The third kappa shape index (κ3) is 6.72. The van der Waals surface area contributed by atoms with E-state index in [1.54, 1.807) is 4.90 Å². The van der Waals surface area contributed by atoms with Crippen LogP contribution in [0.4, 0.5) is 9.59 Å². The van der Waals surface area contributed by atoms with Gasteiger partial charge in [0.05, 0.1) is 26.8 Å². The number of fused-ring (bicyclic) bond motifs is 3. The average Bonchev–Trinajstić information content (AvgIpc) is 3.52. The van der Waals surface area contributed by atoms with E-state index in [9.17, 15) is 19.2 Å². The smallest absolute Gasteiger partial charge is 0.410 e. The van der Waals surface area contributed by atoms with E-state index in [1.807, 2.05) is 39.0 Å². The monoisotopic (exact) mass is 541 g/mol. The predicted molar refractivity (Wildman–Crippen MR) is 143 cm³/mol. The summed E-state index contributed by atoms with van der Waals surface area (Å²) in [7, 11) is 1.25. The topological polar surface area (TPSA) is 114 Å². The number of carbonyl (C=O) groups excluding carboxylic acids is 4. The van der Waals surface area contributed by atoms with E-state index in [2.05, 4.69) is 17.5 Å². The Morgan fingerprint density at radius 2 is 1.90 bits per heavy atom. The highest BCUT2D eigenvalue weighted by Gasteiger charge is 2.47. The summed E-state index contributed by atoms with van der Waals surface area (Å²) >= 11 is 0. The SMILES string of the molecule is COC(=O)[C@@H]1C[C@@H]2CN1C(=O)[C@H](C(C)(C)C)NC(=O)OCCCCC/C=C/c1cccc3c1CN(C3)C(=O)O2. The molecule has 0 aromatic heterocycles. The third-order valence-corrected chi connectivity index (χ3v) is 7.49. The quantitative estimate of drug-likeness (QED) is 0.422. The number of alkyl carbamates (subject to hydrolysis) is 1. The third-order valence-electron chi connectivity index (χ3n) is 7.49. The van der Waals surface area contributed by atoms with Crippen molar-refractivity contribution in [2.24, 2.45) is 5.41 Å². The Balaban J connectivity index is 1.59. The van der Waals surface area contributed by atoms with Crippen LogP contribution in [-0.2, 0) is 36.9 Å². The van der Waals surface area contributed by atoms with Gasteiger partial charge < -0.3 is 24.4 Å². The molecule has 1 aromatic carbocycles. The molecule has 0 unspecified atom stereocenters. The van der Waals surface area contributed by atoms with Gasteiger partial charge in [0.15, 0.2) is 0 Å². The molecule has 3 aliphatic rings. The summed E-state index contributed by atoms with van der Waals surface area (Å²) in [5.41, 5.74) is 2.57. The van der Waals surface area contributed by atoms with Crippen molar-refractivity contribution in [3.05, 3.63) is 41.0 Å². The highest BCUT2D eigenvalue weighted by Crippen LogP contribution is 2.31. The van der Waals surface area contributed by atoms with Gasteiger partial charge in [-0.1, -0.05) is 51.1 Å². The summed E-state index contributed by atoms with van der Waals surface area (Å²) < 4.78 is 16.1. The summed E-state index contributed by atoms with van der Waals surface area (Å²) in [4.78, 5) is 55.2. The number of carbonyl (C=O) groups is 4. The van der Waals surface area contributed by atoms with Crippen molar-refractivity contribution in [2.45, 2.75) is 84.2 Å². The van der Waals surface area contributed by atoms with Crippen LogP contribution in [0.25, 0.3) is 6.08 Å². The standard InChI is InChI=1S/C29H39N3O7/c1-29(2,3)24-25(33)32-17-21(15-23(32)26(34)37-4)39-28(36)31-16-20-13-10-12-19(22(20)18-31)11-8-6-5-7-9-14-38-27(35)30-24/h8,10-13,21,23-24H,5-7,9,14-18H2,1-4H3,(H,30,35)/b11-8+/t21-,23+,24-/m1/s1. The van der Waals surface area contributed by atoms with E-state index in [-0.39, 0.29) is 19.6 Å². The summed E-state index contributed by atoms with van der Waals surface area (Å²) in [5.74, 6) is -1.06. The second-order valence-electron chi connectivity index (χ2n) is 11.4. The second kappa shape index (κ2) is 12.1. The van der Waals surface area contributed by atoms with Gasteiger partial charge in [-0.15, -0.1) is 0 Å². The maximum Gasteiger partial charge on any atom is 0.410 e. The number of esters is 1. The van der Waals surface area contributed by atoms with Crippen LogP contribution in [0.15, 0.2) is 24.3 Å².